The van der Waals surface area contributed by atoms with Crippen LogP contribution >= 0.6 is 11.6 Å². The number of aromatic nitrogens is 2. The van der Waals surface area contributed by atoms with Crippen LogP contribution in [0.4, 0.5) is 0 Å². The number of ether oxygens (including phenoxy) is 1. The first-order chi connectivity index (χ1) is 7.66. The van der Waals surface area contributed by atoms with Crippen molar-refractivity contribution in [3.05, 3.63) is 29.4 Å². The summed E-state index contributed by atoms with van der Waals surface area (Å²) in [5, 5.41) is 0.319. The summed E-state index contributed by atoms with van der Waals surface area (Å²) in [6, 6.07) is 7.58. The Bertz CT molecular complexity index is 499. The highest BCUT2D eigenvalue weighted by Gasteiger charge is 2.08. The normalized spacial score (nSPS) is 11.0. The van der Waals surface area contributed by atoms with Gasteiger partial charge in [0.15, 0.2) is 5.15 Å². The Balaban J connectivity index is 2.34. The molecule has 3 nitrogen and oxygen atoms in total. The summed E-state index contributed by atoms with van der Waals surface area (Å²) < 4.78 is 5.50. The van der Waals surface area contributed by atoms with E-state index in [2.05, 4.69) is 23.8 Å². The van der Waals surface area contributed by atoms with E-state index in [0.717, 1.165) is 11.0 Å². The predicted molar refractivity (Wildman–Crippen MR) is 64.9 cm³/mol. The van der Waals surface area contributed by atoms with Gasteiger partial charge in [-0.25, -0.2) is 9.97 Å². The first-order valence-corrected chi connectivity index (χ1v) is 5.59. The van der Waals surface area contributed by atoms with E-state index >= 15 is 0 Å². The molecular weight excluding hydrogens is 224 g/mol. The molecule has 0 fully saturated rings. The van der Waals surface area contributed by atoms with Crippen LogP contribution in [0.5, 0.6) is 5.88 Å². The van der Waals surface area contributed by atoms with Gasteiger partial charge < -0.3 is 4.74 Å². The Kier molecular flexibility index (Phi) is 3.25. The molecule has 2 rings (SSSR count). The molecule has 1 aromatic carbocycles. The molecule has 0 unspecified atom stereocenters. The van der Waals surface area contributed by atoms with Crippen molar-refractivity contribution in [2.24, 2.45) is 5.92 Å². The molecular formula is C12H13ClN2O. The van der Waals surface area contributed by atoms with Crippen LogP contribution in [0.25, 0.3) is 11.0 Å². The zero-order valence-corrected chi connectivity index (χ0v) is 10.0. The molecule has 0 saturated heterocycles. The first-order valence-electron chi connectivity index (χ1n) is 5.22. The number of hydrogen-bond donors (Lipinski definition) is 0. The lowest BCUT2D eigenvalue weighted by atomic mass is 10.2. The second-order valence-electron chi connectivity index (χ2n) is 4.01. The highest BCUT2D eigenvalue weighted by atomic mass is 35.5. The second-order valence-corrected chi connectivity index (χ2v) is 4.37. The number of hydrogen-bond acceptors (Lipinski definition) is 3. The van der Waals surface area contributed by atoms with Crippen LogP contribution < -0.4 is 4.74 Å². The smallest absolute Gasteiger partial charge is 0.252 e. The van der Waals surface area contributed by atoms with Gasteiger partial charge in [0.25, 0.3) is 5.88 Å². The summed E-state index contributed by atoms with van der Waals surface area (Å²) in [5.41, 5.74) is 1.58. The number of halogens is 1. The molecule has 0 atom stereocenters. The Hall–Kier alpha value is -1.35. The number of benzene rings is 1. The highest BCUT2D eigenvalue weighted by molar-refractivity contribution is 6.31. The quantitative estimate of drug-likeness (QED) is 0.820. The van der Waals surface area contributed by atoms with Crippen molar-refractivity contribution in [1.29, 1.82) is 0 Å². The minimum Gasteiger partial charge on any atom is -0.475 e. The minimum absolute atomic E-state index is 0.319. The molecule has 1 heterocycles. The predicted octanol–water partition coefficient (Wildman–Crippen LogP) is 3.32. The highest BCUT2D eigenvalue weighted by Crippen LogP contribution is 2.23. The van der Waals surface area contributed by atoms with E-state index in [1.54, 1.807) is 0 Å². The van der Waals surface area contributed by atoms with E-state index < -0.39 is 0 Å². The van der Waals surface area contributed by atoms with Gasteiger partial charge >= 0.3 is 0 Å². The lowest BCUT2D eigenvalue weighted by Crippen LogP contribution is -2.06. The SMILES string of the molecule is CC(C)COc1nc2ccccc2nc1Cl. The third-order valence-electron chi connectivity index (χ3n) is 2.05. The molecule has 0 aliphatic heterocycles. The maximum absolute atomic E-state index is 5.99. The Morgan fingerprint density at radius 2 is 1.81 bits per heavy atom. The van der Waals surface area contributed by atoms with Gasteiger partial charge in [0.2, 0.25) is 0 Å². The third kappa shape index (κ3) is 2.42. The fraction of sp³-hybridized carbons (Fsp3) is 0.333. The molecule has 2 aromatic rings. The van der Waals surface area contributed by atoms with Gasteiger partial charge in [-0.3, -0.25) is 0 Å². The van der Waals surface area contributed by atoms with E-state index in [4.69, 9.17) is 16.3 Å². The number of nitrogens with zero attached hydrogens (tertiary/aromatic N) is 2. The minimum atomic E-state index is 0.319. The molecule has 16 heavy (non-hydrogen) atoms. The van der Waals surface area contributed by atoms with Gasteiger partial charge in [-0.05, 0) is 18.1 Å². The van der Waals surface area contributed by atoms with Crippen LogP contribution in [-0.2, 0) is 0 Å². The van der Waals surface area contributed by atoms with Gasteiger partial charge in [0.1, 0.15) is 0 Å². The topological polar surface area (TPSA) is 35.0 Å². The maximum atomic E-state index is 5.99. The van der Waals surface area contributed by atoms with Crippen molar-refractivity contribution >= 4 is 22.6 Å². The average Bonchev–Trinajstić information content (AvgIpc) is 2.26. The summed E-state index contributed by atoms with van der Waals surface area (Å²) in [6.45, 7) is 4.73. The number of fused-ring (bicyclic) bond motifs is 1. The van der Waals surface area contributed by atoms with E-state index in [0.29, 0.717) is 23.6 Å². The van der Waals surface area contributed by atoms with Crippen molar-refractivity contribution in [1.82, 2.24) is 9.97 Å². The Labute approximate surface area is 99.4 Å². The van der Waals surface area contributed by atoms with Crippen molar-refractivity contribution in [3.8, 4) is 5.88 Å². The van der Waals surface area contributed by atoms with Crippen molar-refractivity contribution in [3.63, 3.8) is 0 Å². The first kappa shape index (κ1) is 11.1. The molecule has 0 aliphatic rings. The Morgan fingerprint density at radius 3 is 2.44 bits per heavy atom. The van der Waals surface area contributed by atoms with Crippen LogP contribution in [0.2, 0.25) is 5.15 Å². The molecule has 1 aromatic heterocycles. The van der Waals surface area contributed by atoms with Gasteiger partial charge in [0, 0.05) is 0 Å². The maximum Gasteiger partial charge on any atom is 0.252 e. The fourth-order valence-corrected chi connectivity index (χ4v) is 1.49. The molecule has 0 radical (unpaired) electrons. The van der Waals surface area contributed by atoms with Gasteiger partial charge in [-0.15, -0.1) is 0 Å². The van der Waals surface area contributed by atoms with Crippen molar-refractivity contribution in [2.45, 2.75) is 13.8 Å². The second kappa shape index (κ2) is 4.66. The number of rotatable bonds is 3. The van der Waals surface area contributed by atoms with E-state index in [1.807, 2.05) is 24.3 Å². The zero-order valence-electron chi connectivity index (χ0n) is 9.27. The van der Waals surface area contributed by atoms with Crippen LogP contribution in [0.15, 0.2) is 24.3 Å². The van der Waals surface area contributed by atoms with Crippen molar-refractivity contribution in [2.75, 3.05) is 6.61 Å². The standard InChI is InChI=1S/C12H13ClN2O/c1-8(2)7-16-12-11(13)14-9-5-3-4-6-10(9)15-12/h3-6,8H,7H2,1-2H3. The number of para-hydroxylation sites is 2. The summed E-state index contributed by atoms with van der Waals surface area (Å²) >= 11 is 5.99. The molecule has 84 valence electrons. The molecule has 0 spiro atoms. The lowest BCUT2D eigenvalue weighted by molar-refractivity contribution is 0.261. The average molecular weight is 237 g/mol. The monoisotopic (exact) mass is 236 g/mol. The largest absolute Gasteiger partial charge is 0.475 e. The lowest BCUT2D eigenvalue weighted by Gasteiger charge is -2.09. The molecule has 0 N–H and O–H groups in total. The molecule has 0 amide bonds. The van der Waals surface area contributed by atoms with E-state index in [-0.39, 0.29) is 0 Å². The summed E-state index contributed by atoms with van der Waals surface area (Å²) in [6.07, 6.45) is 0. The van der Waals surface area contributed by atoms with Gasteiger partial charge in [-0.1, -0.05) is 37.6 Å². The van der Waals surface area contributed by atoms with Gasteiger partial charge in [0.05, 0.1) is 17.6 Å². The van der Waals surface area contributed by atoms with Crippen LogP contribution in [0, 0.1) is 5.92 Å². The third-order valence-corrected chi connectivity index (χ3v) is 2.30. The molecule has 4 heteroatoms. The van der Waals surface area contributed by atoms with Gasteiger partial charge in [-0.2, -0.15) is 0 Å². The molecule has 0 bridgehead atoms. The van der Waals surface area contributed by atoms with Crippen molar-refractivity contribution < 1.29 is 4.74 Å². The van der Waals surface area contributed by atoms with Crippen LogP contribution in [0.3, 0.4) is 0 Å². The summed E-state index contributed by atoms with van der Waals surface area (Å²) in [7, 11) is 0. The molecule has 0 saturated carbocycles. The summed E-state index contributed by atoms with van der Waals surface area (Å²) in [5.74, 6) is 0.846. The molecule has 0 aliphatic carbocycles. The van der Waals surface area contributed by atoms with E-state index in [1.165, 1.54) is 0 Å². The summed E-state index contributed by atoms with van der Waals surface area (Å²) in [4.78, 5) is 8.56. The zero-order chi connectivity index (χ0) is 11.5. The van der Waals surface area contributed by atoms with Crippen LogP contribution in [0.1, 0.15) is 13.8 Å². The van der Waals surface area contributed by atoms with E-state index in [9.17, 15) is 0 Å². The fourth-order valence-electron chi connectivity index (χ4n) is 1.30. The van der Waals surface area contributed by atoms with Crippen LogP contribution in [-0.4, -0.2) is 16.6 Å². The Morgan fingerprint density at radius 1 is 1.19 bits per heavy atom.